The SMILES string of the molecule is CC(=O)CN(CCCI)C(=O)Cc1cccc(CC(=O)O)c1. The Morgan fingerprint density at radius 3 is 2.36 bits per heavy atom. The van der Waals surface area contributed by atoms with Crippen LogP contribution >= 0.6 is 22.6 Å². The fraction of sp³-hybridized carbons (Fsp3) is 0.438. The number of rotatable bonds is 9. The van der Waals surface area contributed by atoms with Gasteiger partial charge in [0, 0.05) is 11.0 Å². The van der Waals surface area contributed by atoms with Crippen molar-refractivity contribution < 1.29 is 19.5 Å². The first-order chi connectivity index (χ1) is 10.4. The molecule has 5 nitrogen and oxygen atoms in total. The van der Waals surface area contributed by atoms with Gasteiger partial charge in [0.1, 0.15) is 5.78 Å². The smallest absolute Gasteiger partial charge is 0.307 e. The van der Waals surface area contributed by atoms with E-state index in [9.17, 15) is 14.4 Å². The predicted molar refractivity (Wildman–Crippen MR) is 92.3 cm³/mol. The van der Waals surface area contributed by atoms with E-state index in [-0.39, 0.29) is 31.1 Å². The van der Waals surface area contributed by atoms with E-state index in [1.54, 1.807) is 29.2 Å². The summed E-state index contributed by atoms with van der Waals surface area (Å²) in [4.78, 5) is 35.9. The van der Waals surface area contributed by atoms with E-state index in [1.165, 1.54) is 6.92 Å². The monoisotopic (exact) mass is 417 g/mol. The lowest BCUT2D eigenvalue weighted by atomic mass is 10.1. The zero-order valence-electron chi connectivity index (χ0n) is 12.5. The minimum atomic E-state index is -0.899. The molecule has 1 rings (SSSR count). The highest BCUT2D eigenvalue weighted by molar-refractivity contribution is 14.1. The Hall–Kier alpha value is -1.44. The summed E-state index contributed by atoms with van der Waals surface area (Å²) in [6.45, 7) is 2.16. The third-order valence-electron chi connectivity index (χ3n) is 3.03. The maximum Gasteiger partial charge on any atom is 0.307 e. The van der Waals surface area contributed by atoms with Crippen LogP contribution in [0.2, 0.25) is 0 Å². The van der Waals surface area contributed by atoms with E-state index in [1.807, 2.05) is 0 Å². The molecule has 22 heavy (non-hydrogen) atoms. The number of alkyl halides is 1. The topological polar surface area (TPSA) is 74.7 Å². The minimum Gasteiger partial charge on any atom is -0.481 e. The van der Waals surface area contributed by atoms with Crippen LogP contribution in [-0.2, 0) is 27.2 Å². The summed E-state index contributed by atoms with van der Waals surface area (Å²) in [5, 5.41) is 8.81. The summed E-state index contributed by atoms with van der Waals surface area (Å²) < 4.78 is 0.924. The van der Waals surface area contributed by atoms with Crippen LogP contribution < -0.4 is 0 Å². The largest absolute Gasteiger partial charge is 0.481 e. The fourth-order valence-electron chi connectivity index (χ4n) is 2.12. The molecule has 0 aliphatic heterocycles. The molecule has 0 spiro atoms. The fourth-order valence-corrected chi connectivity index (χ4v) is 2.46. The number of Topliss-reactive ketones (excluding diaryl/α,β-unsaturated/α-hetero) is 1. The highest BCUT2D eigenvalue weighted by Gasteiger charge is 2.15. The number of carboxylic acid groups (broad SMARTS) is 1. The summed E-state index contributed by atoms with van der Waals surface area (Å²) in [6, 6.07) is 7.01. The molecule has 0 heterocycles. The Labute approximate surface area is 143 Å². The lowest BCUT2D eigenvalue weighted by Crippen LogP contribution is -2.37. The Bertz CT molecular complexity index is 545. The molecule has 0 unspecified atom stereocenters. The van der Waals surface area contributed by atoms with Crippen LogP contribution in [0.1, 0.15) is 24.5 Å². The molecule has 0 aliphatic carbocycles. The molecule has 0 bridgehead atoms. The molecule has 1 amide bonds. The number of nitrogens with zero attached hydrogens (tertiary/aromatic N) is 1. The van der Waals surface area contributed by atoms with E-state index in [0.717, 1.165) is 16.4 Å². The number of amides is 1. The van der Waals surface area contributed by atoms with Gasteiger partial charge in [-0.3, -0.25) is 14.4 Å². The van der Waals surface area contributed by atoms with Gasteiger partial charge in [-0.1, -0.05) is 46.9 Å². The van der Waals surface area contributed by atoms with Gasteiger partial charge in [-0.15, -0.1) is 0 Å². The average Bonchev–Trinajstić information content (AvgIpc) is 2.42. The maximum absolute atomic E-state index is 12.3. The second kappa shape index (κ2) is 9.55. The number of aliphatic carboxylic acids is 1. The summed E-state index contributed by atoms with van der Waals surface area (Å²) >= 11 is 2.24. The molecule has 0 fully saturated rings. The van der Waals surface area contributed by atoms with Gasteiger partial charge in [0.25, 0.3) is 0 Å². The van der Waals surface area contributed by atoms with E-state index >= 15 is 0 Å². The molecule has 0 radical (unpaired) electrons. The molecule has 0 saturated carbocycles. The first kappa shape index (κ1) is 18.6. The molecule has 0 saturated heterocycles. The molecule has 1 aromatic carbocycles. The Kier molecular flexibility index (Phi) is 8.08. The number of halogens is 1. The third-order valence-corrected chi connectivity index (χ3v) is 3.79. The summed E-state index contributed by atoms with van der Waals surface area (Å²) in [5.74, 6) is -1.04. The van der Waals surface area contributed by atoms with Gasteiger partial charge in [0.15, 0.2) is 0 Å². The van der Waals surface area contributed by atoms with E-state index in [4.69, 9.17) is 5.11 Å². The molecule has 0 atom stereocenters. The number of carbonyl (C=O) groups is 3. The van der Waals surface area contributed by atoms with Crippen LogP contribution in [0.4, 0.5) is 0 Å². The standard InChI is InChI=1S/C16H20INO4/c1-12(19)11-18(7-3-6-17)15(20)9-13-4-2-5-14(8-13)10-16(21)22/h2,4-5,8H,3,6-7,9-11H2,1H3,(H,21,22). The van der Waals surface area contributed by atoms with Crippen molar-refractivity contribution in [3.63, 3.8) is 0 Å². The molecular formula is C16H20INO4. The second-order valence-electron chi connectivity index (χ2n) is 5.13. The van der Waals surface area contributed by atoms with Crippen LogP contribution in [0.25, 0.3) is 0 Å². The molecule has 6 heteroatoms. The van der Waals surface area contributed by atoms with Gasteiger partial charge in [0.05, 0.1) is 19.4 Å². The van der Waals surface area contributed by atoms with Gasteiger partial charge in [-0.2, -0.15) is 0 Å². The second-order valence-corrected chi connectivity index (χ2v) is 6.21. The summed E-state index contributed by atoms with van der Waals surface area (Å²) in [6.07, 6.45) is 0.967. The van der Waals surface area contributed by atoms with Crippen LogP contribution in [0, 0.1) is 0 Å². The zero-order valence-corrected chi connectivity index (χ0v) is 14.7. The molecule has 1 N–H and O–H groups in total. The van der Waals surface area contributed by atoms with Crippen molar-refractivity contribution in [1.82, 2.24) is 4.90 Å². The van der Waals surface area contributed by atoms with Gasteiger partial charge in [0.2, 0.25) is 5.91 Å². The number of benzene rings is 1. The number of ketones is 1. The quantitative estimate of drug-likeness (QED) is 0.494. The van der Waals surface area contributed by atoms with Crippen molar-refractivity contribution in [2.75, 3.05) is 17.5 Å². The summed E-state index contributed by atoms with van der Waals surface area (Å²) in [7, 11) is 0. The van der Waals surface area contributed by atoms with E-state index in [0.29, 0.717) is 12.1 Å². The van der Waals surface area contributed by atoms with Gasteiger partial charge < -0.3 is 10.0 Å². The zero-order chi connectivity index (χ0) is 16.5. The highest BCUT2D eigenvalue weighted by Crippen LogP contribution is 2.09. The van der Waals surface area contributed by atoms with Crippen molar-refractivity contribution in [3.05, 3.63) is 35.4 Å². The van der Waals surface area contributed by atoms with Crippen molar-refractivity contribution in [1.29, 1.82) is 0 Å². The highest BCUT2D eigenvalue weighted by atomic mass is 127. The molecule has 1 aromatic rings. The Morgan fingerprint density at radius 2 is 1.82 bits per heavy atom. The normalized spacial score (nSPS) is 10.3. The number of hydrogen-bond acceptors (Lipinski definition) is 3. The lowest BCUT2D eigenvalue weighted by Gasteiger charge is -2.21. The molecule has 0 aliphatic rings. The lowest BCUT2D eigenvalue weighted by molar-refractivity contribution is -0.136. The van der Waals surface area contributed by atoms with E-state index < -0.39 is 5.97 Å². The number of carboxylic acids is 1. The van der Waals surface area contributed by atoms with Crippen LogP contribution in [0.3, 0.4) is 0 Å². The maximum atomic E-state index is 12.3. The average molecular weight is 417 g/mol. The first-order valence-electron chi connectivity index (χ1n) is 7.05. The van der Waals surface area contributed by atoms with Crippen molar-refractivity contribution in [2.24, 2.45) is 0 Å². The predicted octanol–water partition coefficient (Wildman–Crippen LogP) is 2.10. The van der Waals surface area contributed by atoms with Crippen LogP contribution in [-0.4, -0.2) is 45.2 Å². The van der Waals surface area contributed by atoms with Gasteiger partial charge >= 0.3 is 5.97 Å². The molecule has 0 aromatic heterocycles. The molecular weight excluding hydrogens is 397 g/mol. The van der Waals surface area contributed by atoms with Crippen molar-refractivity contribution >= 4 is 40.3 Å². The Morgan fingerprint density at radius 1 is 1.18 bits per heavy atom. The molecule has 120 valence electrons. The summed E-state index contributed by atoms with van der Waals surface area (Å²) in [5.41, 5.74) is 1.44. The number of hydrogen-bond donors (Lipinski definition) is 1. The van der Waals surface area contributed by atoms with E-state index in [2.05, 4.69) is 22.6 Å². The van der Waals surface area contributed by atoms with Crippen molar-refractivity contribution in [3.8, 4) is 0 Å². The Balaban J connectivity index is 2.75. The van der Waals surface area contributed by atoms with Gasteiger partial charge in [-0.05, 0) is 24.5 Å². The van der Waals surface area contributed by atoms with Crippen molar-refractivity contribution in [2.45, 2.75) is 26.2 Å². The van der Waals surface area contributed by atoms with Crippen LogP contribution in [0.15, 0.2) is 24.3 Å². The first-order valence-corrected chi connectivity index (χ1v) is 8.57. The number of carbonyl (C=O) groups excluding carboxylic acids is 2. The minimum absolute atomic E-state index is 0.0403. The van der Waals surface area contributed by atoms with Crippen LogP contribution in [0.5, 0.6) is 0 Å². The van der Waals surface area contributed by atoms with Gasteiger partial charge in [-0.25, -0.2) is 0 Å². The third kappa shape index (κ3) is 7.02.